The smallest absolute Gasteiger partial charge is 0.269 e. The topological polar surface area (TPSA) is 143 Å². The lowest BCUT2D eigenvalue weighted by atomic mass is 9.99. The minimum Gasteiger partial charge on any atom is -0.462 e. The second kappa shape index (κ2) is 6.33. The third kappa shape index (κ3) is 3.28. The number of hydrogen-bond acceptors (Lipinski definition) is 8. The molecule has 0 radical (unpaired) electrons. The number of aliphatic hydroxyl groups excluding tert-OH is 4. The summed E-state index contributed by atoms with van der Waals surface area (Å²) in [5, 5.41) is 48.6. The van der Waals surface area contributed by atoms with E-state index in [0.29, 0.717) is 0 Å². The summed E-state index contributed by atoms with van der Waals surface area (Å²) in [5.74, 6) is 0.171. The molecule has 1 saturated heterocycles. The third-order valence-corrected chi connectivity index (χ3v) is 3.15. The summed E-state index contributed by atoms with van der Waals surface area (Å²) in [4.78, 5) is 9.95. The summed E-state index contributed by atoms with van der Waals surface area (Å²) in [5.41, 5.74) is -0.129. The number of benzene rings is 1. The second-order valence-electron chi connectivity index (χ2n) is 4.57. The lowest BCUT2D eigenvalue weighted by Gasteiger charge is -2.39. The van der Waals surface area contributed by atoms with Crippen molar-refractivity contribution >= 4 is 5.69 Å². The molecule has 1 heterocycles. The Balaban J connectivity index is 2.08. The highest BCUT2D eigenvalue weighted by atomic mass is 16.7. The van der Waals surface area contributed by atoms with Crippen LogP contribution in [0.15, 0.2) is 24.3 Å². The van der Waals surface area contributed by atoms with Crippen LogP contribution in [0, 0.1) is 10.1 Å². The Bertz CT molecular complexity index is 491. The maximum Gasteiger partial charge on any atom is 0.269 e. The highest BCUT2D eigenvalue weighted by Gasteiger charge is 2.44. The van der Waals surface area contributed by atoms with Crippen molar-refractivity contribution in [2.45, 2.75) is 30.7 Å². The molecule has 1 aliphatic rings. The number of rotatable bonds is 4. The standard InChI is InChI=1S/C12H15NO8/c14-5-8-9(15)10(16)11(17)12(21-8)20-7-3-1-6(2-4-7)13(18)19/h1-4,8-12,14-17H,5H2/t8?,9-,10?,11?,12-/m0/s1. The lowest BCUT2D eigenvalue weighted by Crippen LogP contribution is -2.60. The fourth-order valence-corrected chi connectivity index (χ4v) is 1.95. The predicted molar refractivity (Wildman–Crippen MR) is 67.5 cm³/mol. The number of nitrogens with zero attached hydrogens (tertiary/aromatic N) is 1. The van der Waals surface area contributed by atoms with E-state index in [2.05, 4.69) is 0 Å². The van der Waals surface area contributed by atoms with E-state index in [1.807, 2.05) is 0 Å². The van der Waals surface area contributed by atoms with Crippen molar-refractivity contribution in [3.8, 4) is 5.75 Å². The molecule has 0 amide bonds. The predicted octanol–water partition coefficient (Wildman–Crippen LogP) is -1.23. The van der Waals surface area contributed by atoms with Crippen LogP contribution in [0.3, 0.4) is 0 Å². The molecule has 0 saturated carbocycles. The van der Waals surface area contributed by atoms with E-state index < -0.39 is 42.2 Å². The fourth-order valence-electron chi connectivity index (χ4n) is 1.95. The van der Waals surface area contributed by atoms with Gasteiger partial charge in [0, 0.05) is 12.1 Å². The normalized spacial score (nSPS) is 32.7. The largest absolute Gasteiger partial charge is 0.462 e. The molecule has 116 valence electrons. The Morgan fingerprint density at radius 2 is 1.76 bits per heavy atom. The van der Waals surface area contributed by atoms with E-state index in [1.165, 1.54) is 24.3 Å². The van der Waals surface area contributed by atoms with Gasteiger partial charge in [0.2, 0.25) is 6.29 Å². The molecule has 1 aromatic rings. The zero-order valence-corrected chi connectivity index (χ0v) is 10.8. The summed E-state index contributed by atoms with van der Waals surface area (Å²) in [6.07, 6.45) is -6.94. The number of nitro benzene ring substituents is 1. The number of aliphatic hydroxyl groups is 4. The third-order valence-electron chi connectivity index (χ3n) is 3.15. The van der Waals surface area contributed by atoms with Gasteiger partial charge in [-0.05, 0) is 12.1 Å². The van der Waals surface area contributed by atoms with E-state index in [-0.39, 0.29) is 11.4 Å². The monoisotopic (exact) mass is 301 g/mol. The summed E-state index contributed by atoms with van der Waals surface area (Å²) in [6.45, 7) is -0.564. The van der Waals surface area contributed by atoms with Crippen LogP contribution in [-0.4, -0.2) is 62.7 Å². The Labute approximate surface area is 119 Å². The lowest BCUT2D eigenvalue weighted by molar-refractivity contribution is -0.384. The first-order valence-corrected chi connectivity index (χ1v) is 6.15. The molecule has 1 fully saturated rings. The highest BCUT2D eigenvalue weighted by molar-refractivity contribution is 5.36. The first-order valence-electron chi connectivity index (χ1n) is 6.15. The van der Waals surface area contributed by atoms with Gasteiger partial charge in [0.25, 0.3) is 5.69 Å². The molecule has 3 unspecified atom stereocenters. The Kier molecular flexibility index (Phi) is 4.70. The average Bonchev–Trinajstić information content (AvgIpc) is 2.48. The first-order chi connectivity index (χ1) is 9.93. The van der Waals surface area contributed by atoms with Crippen LogP contribution in [0.5, 0.6) is 5.75 Å². The van der Waals surface area contributed by atoms with Crippen LogP contribution in [-0.2, 0) is 4.74 Å². The van der Waals surface area contributed by atoms with Gasteiger partial charge in [0.1, 0.15) is 30.2 Å². The quantitative estimate of drug-likeness (QED) is 0.400. The summed E-state index contributed by atoms with van der Waals surface area (Å²) >= 11 is 0. The van der Waals surface area contributed by atoms with Gasteiger partial charge in [0.05, 0.1) is 11.5 Å². The number of nitro groups is 1. The number of non-ortho nitro benzene ring substituents is 1. The van der Waals surface area contributed by atoms with Gasteiger partial charge in [0.15, 0.2) is 0 Å². The summed E-state index contributed by atoms with van der Waals surface area (Å²) in [6, 6.07) is 5.03. The zero-order valence-electron chi connectivity index (χ0n) is 10.8. The molecule has 21 heavy (non-hydrogen) atoms. The van der Waals surface area contributed by atoms with Crippen molar-refractivity contribution in [3.63, 3.8) is 0 Å². The van der Waals surface area contributed by atoms with Gasteiger partial charge in [-0.2, -0.15) is 0 Å². The molecule has 0 spiro atoms. The molecule has 9 nitrogen and oxygen atoms in total. The molecule has 2 rings (SSSR count). The summed E-state index contributed by atoms with van der Waals surface area (Å²) < 4.78 is 10.4. The molecule has 0 aromatic heterocycles. The Morgan fingerprint density at radius 3 is 2.29 bits per heavy atom. The van der Waals surface area contributed by atoms with Crippen LogP contribution < -0.4 is 4.74 Å². The van der Waals surface area contributed by atoms with Crippen molar-refractivity contribution in [3.05, 3.63) is 34.4 Å². The van der Waals surface area contributed by atoms with Gasteiger partial charge in [-0.15, -0.1) is 0 Å². The van der Waals surface area contributed by atoms with Gasteiger partial charge < -0.3 is 29.9 Å². The first kappa shape index (κ1) is 15.6. The SMILES string of the molecule is O=[N+]([O-])c1ccc(O[C@H]2OC(CO)[C@H](O)C(O)C2O)cc1. The zero-order chi connectivity index (χ0) is 15.6. The molecule has 5 atom stereocenters. The molecular weight excluding hydrogens is 286 g/mol. The van der Waals surface area contributed by atoms with Gasteiger partial charge in [-0.3, -0.25) is 10.1 Å². The Morgan fingerprint density at radius 1 is 1.14 bits per heavy atom. The average molecular weight is 301 g/mol. The van der Waals surface area contributed by atoms with Crippen molar-refractivity contribution in [1.82, 2.24) is 0 Å². The second-order valence-corrected chi connectivity index (χ2v) is 4.57. The van der Waals surface area contributed by atoms with Gasteiger partial charge in [-0.1, -0.05) is 0 Å². The van der Waals surface area contributed by atoms with Crippen LogP contribution in [0.2, 0.25) is 0 Å². The molecular formula is C12H15NO8. The van der Waals surface area contributed by atoms with E-state index in [1.54, 1.807) is 0 Å². The molecule has 1 aliphatic heterocycles. The Hall–Kier alpha value is -1.78. The van der Waals surface area contributed by atoms with Crippen LogP contribution in [0.4, 0.5) is 5.69 Å². The molecule has 1 aromatic carbocycles. The van der Waals surface area contributed by atoms with E-state index >= 15 is 0 Å². The van der Waals surface area contributed by atoms with Crippen LogP contribution in [0.1, 0.15) is 0 Å². The van der Waals surface area contributed by atoms with Crippen molar-refractivity contribution in [1.29, 1.82) is 0 Å². The van der Waals surface area contributed by atoms with E-state index in [4.69, 9.17) is 14.6 Å². The molecule has 0 bridgehead atoms. The summed E-state index contributed by atoms with van der Waals surface area (Å²) in [7, 11) is 0. The molecule has 9 heteroatoms. The van der Waals surface area contributed by atoms with Crippen LogP contribution >= 0.6 is 0 Å². The maximum absolute atomic E-state index is 10.5. The highest BCUT2D eigenvalue weighted by Crippen LogP contribution is 2.25. The van der Waals surface area contributed by atoms with E-state index in [0.717, 1.165) is 0 Å². The minimum absolute atomic E-state index is 0.129. The van der Waals surface area contributed by atoms with Crippen LogP contribution in [0.25, 0.3) is 0 Å². The number of hydrogen-bond donors (Lipinski definition) is 4. The van der Waals surface area contributed by atoms with E-state index in [9.17, 15) is 25.4 Å². The maximum atomic E-state index is 10.5. The fraction of sp³-hybridized carbons (Fsp3) is 0.500. The molecule has 0 aliphatic carbocycles. The van der Waals surface area contributed by atoms with Crippen molar-refractivity contribution in [2.75, 3.05) is 6.61 Å². The minimum atomic E-state index is -1.54. The molecule has 4 N–H and O–H groups in total. The van der Waals surface area contributed by atoms with Crippen molar-refractivity contribution < 1.29 is 34.8 Å². The van der Waals surface area contributed by atoms with Gasteiger partial charge in [-0.25, -0.2) is 0 Å². The van der Waals surface area contributed by atoms with Crippen molar-refractivity contribution in [2.24, 2.45) is 0 Å². The van der Waals surface area contributed by atoms with Gasteiger partial charge >= 0.3 is 0 Å². The number of ether oxygens (including phenoxy) is 2.